The van der Waals surface area contributed by atoms with E-state index in [2.05, 4.69) is 15.9 Å². The molecule has 1 amide bonds. The number of Topliss-reactive ketones (excluding diaryl/α,β-unsaturated/α-hetero) is 1. The summed E-state index contributed by atoms with van der Waals surface area (Å²) >= 11 is 3.35. The number of rotatable bonds is 1. The molecule has 0 bridgehead atoms. The maximum atomic E-state index is 12.3. The zero-order valence-corrected chi connectivity index (χ0v) is 13.5. The molecule has 1 saturated heterocycles. The topological polar surface area (TPSA) is 55.8 Å². The minimum Gasteiger partial charge on any atom is -0.475 e. The van der Waals surface area contributed by atoms with E-state index in [1.807, 2.05) is 0 Å². The Morgan fingerprint density at radius 1 is 1.33 bits per heavy atom. The zero-order valence-electron chi connectivity index (χ0n) is 11.9. The van der Waals surface area contributed by atoms with Gasteiger partial charge in [0.1, 0.15) is 0 Å². The molecule has 0 unspecified atom stereocenters. The van der Waals surface area contributed by atoms with Crippen LogP contribution in [0.2, 0.25) is 0 Å². The van der Waals surface area contributed by atoms with Crippen LogP contribution < -0.4 is 9.47 Å². The van der Waals surface area contributed by atoms with Gasteiger partial charge in [0.15, 0.2) is 17.1 Å². The molecular formula is C15H16BrNO4. The average Bonchev–Trinajstić information content (AvgIpc) is 3.02. The van der Waals surface area contributed by atoms with E-state index in [9.17, 15) is 9.59 Å². The van der Waals surface area contributed by atoms with Crippen LogP contribution in [0.25, 0.3) is 0 Å². The standard InChI is InChI=1S/C15H16BrNO4/c1-15(2)13(18)11-9(16)5-6-10(12(11)21-15)20-14(19)17-7-3-4-8-17/h5-6H,3-4,7-8H2,1-2H3. The van der Waals surface area contributed by atoms with Gasteiger partial charge >= 0.3 is 6.09 Å². The lowest BCUT2D eigenvalue weighted by Gasteiger charge is -2.18. The fourth-order valence-corrected chi connectivity index (χ4v) is 3.09. The fourth-order valence-electron chi connectivity index (χ4n) is 2.59. The van der Waals surface area contributed by atoms with E-state index in [0.717, 1.165) is 12.8 Å². The lowest BCUT2D eigenvalue weighted by molar-refractivity contribution is 0.0678. The van der Waals surface area contributed by atoms with Crippen LogP contribution in [-0.2, 0) is 0 Å². The van der Waals surface area contributed by atoms with Crippen molar-refractivity contribution in [1.29, 1.82) is 0 Å². The molecule has 0 aliphatic carbocycles. The van der Waals surface area contributed by atoms with Crippen LogP contribution >= 0.6 is 15.9 Å². The van der Waals surface area contributed by atoms with Crippen molar-refractivity contribution in [2.75, 3.05) is 13.1 Å². The molecule has 0 radical (unpaired) electrons. The van der Waals surface area contributed by atoms with Gasteiger partial charge in [-0.15, -0.1) is 0 Å². The summed E-state index contributed by atoms with van der Waals surface area (Å²) in [4.78, 5) is 26.1. The van der Waals surface area contributed by atoms with Crippen molar-refractivity contribution >= 4 is 27.8 Å². The first kappa shape index (κ1) is 14.4. The maximum absolute atomic E-state index is 12.3. The Balaban J connectivity index is 1.92. The van der Waals surface area contributed by atoms with E-state index in [1.54, 1.807) is 30.9 Å². The fraction of sp³-hybridized carbons (Fsp3) is 0.467. The van der Waals surface area contributed by atoms with E-state index in [0.29, 0.717) is 34.6 Å². The normalized spacial score (nSPS) is 19.4. The number of amides is 1. The summed E-state index contributed by atoms with van der Waals surface area (Å²) < 4.78 is 11.8. The molecule has 2 heterocycles. The number of carbonyl (C=O) groups excluding carboxylic acids is 2. The van der Waals surface area contributed by atoms with Crippen LogP contribution in [0.4, 0.5) is 4.79 Å². The van der Waals surface area contributed by atoms with Gasteiger partial charge in [0.05, 0.1) is 5.56 Å². The number of carbonyl (C=O) groups is 2. The third-order valence-electron chi connectivity index (χ3n) is 3.76. The Kier molecular flexibility index (Phi) is 3.43. The average molecular weight is 354 g/mol. The van der Waals surface area contributed by atoms with Crippen LogP contribution in [0.5, 0.6) is 11.5 Å². The molecule has 0 saturated carbocycles. The number of benzene rings is 1. The van der Waals surface area contributed by atoms with Gasteiger partial charge in [-0.2, -0.15) is 0 Å². The second kappa shape index (κ2) is 5.02. The van der Waals surface area contributed by atoms with Gasteiger partial charge in [-0.3, -0.25) is 4.79 Å². The summed E-state index contributed by atoms with van der Waals surface area (Å²) in [5, 5.41) is 0. The molecule has 112 valence electrons. The van der Waals surface area contributed by atoms with Crippen LogP contribution in [0.3, 0.4) is 0 Å². The summed E-state index contributed by atoms with van der Waals surface area (Å²) in [6, 6.07) is 3.35. The Bertz CT molecular complexity index is 620. The first-order valence-electron chi connectivity index (χ1n) is 6.93. The van der Waals surface area contributed by atoms with Crippen molar-refractivity contribution in [3.8, 4) is 11.5 Å². The van der Waals surface area contributed by atoms with E-state index in [-0.39, 0.29) is 5.78 Å². The Hall–Kier alpha value is -1.56. The van der Waals surface area contributed by atoms with Crippen molar-refractivity contribution in [3.05, 3.63) is 22.2 Å². The molecule has 0 spiro atoms. The van der Waals surface area contributed by atoms with Crippen molar-refractivity contribution in [3.63, 3.8) is 0 Å². The van der Waals surface area contributed by atoms with Gasteiger partial charge in [-0.25, -0.2) is 4.79 Å². The highest BCUT2D eigenvalue weighted by Gasteiger charge is 2.43. The molecule has 21 heavy (non-hydrogen) atoms. The second-order valence-corrected chi connectivity index (χ2v) is 6.61. The van der Waals surface area contributed by atoms with Gasteiger partial charge in [0, 0.05) is 17.6 Å². The maximum Gasteiger partial charge on any atom is 0.415 e. The highest BCUT2D eigenvalue weighted by atomic mass is 79.9. The number of ether oxygens (including phenoxy) is 2. The van der Waals surface area contributed by atoms with E-state index < -0.39 is 11.7 Å². The molecule has 1 aromatic rings. The van der Waals surface area contributed by atoms with Crippen molar-refractivity contribution in [1.82, 2.24) is 4.90 Å². The monoisotopic (exact) mass is 353 g/mol. The third-order valence-corrected chi connectivity index (χ3v) is 4.42. The third kappa shape index (κ3) is 2.41. The van der Waals surface area contributed by atoms with Crippen LogP contribution in [0, 0.1) is 0 Å². The van der Waals surface area contributed by atoms with Crippen LogP contribution in [-0.4, -0.2) is 35.5 Å². The van der Waals surface area contributed by atoms with Gasteiger partial charge in [-0.1, -0.05) is 0 Å². The van der Waals surface area contributed by atoms with E-state index in [1.165, 1.54) is 0 Å². The molecule has 0 atom stereocenters. The van der Waals surface area contributed by atoms with Gasteiger partial charge in [0.2, 0.25) is 5.78 Å². The minimum absolute atomic E-state index is 0.122. The highest BCUT2D eigenvalue weighted by Crippen LogP contribution is 2.45. The summed E-state index contributed by atoms with van der Waals surface area (Å²) in [5.41, 5.74) is -0.507. The van der Waals surface area contributed by atoms with Crippen LogP contribution in [0.15, 0.2) is 16.6 Å². The Labute approximate surface area is 131 Å². The first-order chi connectivity index (χ1) is 9.90. The molecule has 5 nitrogen and oxygen atoms in total. The summed E-state index contributed by atoms with van der Waals surface area (Å²) in [6.45, 7) is 4.83. The molecule has 3 rings (SSSR count). The number of ketones is 1. The number of fused-ring (bicyclic) bond motifs is 1. The van der Waals surface area contributed by atoms with E-state index >= 15 is 0 Å². The number of halogens is 1. The van der Waals surface area contributed by atoms with Gasteiger partial charge in [-0.05, 0) is 54.8 Å². The van der Waals surface area contributed by atoms with Crippen LogP contribution in [0.1, 0.15) is 37.0 Å². The largest absolute Gasteiger partial charge is 0.475 e. The molecule has 1 aromatic carbocycles. The molecule has 1 fully saturated rings. The van der Waals surface area contributed by atoms with Crippen molar-refractivity contribution in [2.45, 2.75) is 32.3 Å². The molecule has 2 aliphatic heterocycles. The first-order valence-corrected chi connectivity index (χ1v) is 7.72. The smallest absolute Gasteiger partial charge is 0.415 e. The summed E-state index contributed by atoms with van der Waals surface area (Å²) in [7, 11) is 0. The Morgan fingerprint density at radius 2 is 2.00 bits per heavy atom. The zero-order chi connectivity index (χ0) is 15.2. The van der Waals surface area contributed by atoms with Crippen molar-refractivity contribution < 1.29 is 19.1 Å². The predicted octanol–water partition coefficient (Wildman–Crippen LogP) is 3.40. The number of likely N-dealkylation sites (tertiary alicyclic amines) is 1. The SMILES string of the molecule is CC1(C)Oc2c(OC(=O)N3CCCC3)ccc(Br)c2C1=O. The lowest BCUT2D eigenvalue weighted by Crippen LogP contribution is -2.32. The highest BCUT2D eigenvalue weighted by molar-refractivity contribution is 9.10. The molecule has 6 heteroatoms. The second-order valence-electron chi connectivity index (χ2n) is 5.75. The predicted molar refractivity (Wildman–Crippen MR) is 80.0 cm³/mol. The minimum atomic E-state index is -0.943. The lowest BCUT2D eigenvalue weighted by atomic mass is 10.00. The summed E-state index contributed by atoms with van der Waals surface area (Å²) in [5.74, 6) is 0.513. The summed E-state index contributed by atoms with van der Waals surface area (Å²) in [6.07, 6.45) is 1.60. The van der Waals surface area contributed by atoms with Gasteiger partial charge in [0.25, 0.3) is 0 Å². The number of hydrogen-bond acceptors (Lipinski definition) is 4. The number of nitrogens with zero attached hydrogens (tertiary/aromatic N) is 1. The molecule has 0 N–H and O–H groups in total. The number of hydrogen-bond donors (Lipinski definition) is 0. The molecule has 0 aromatic heterocycles. The van der Waals surface area contributed by atoms with Gasteiger partial charge < -0.3 is 14.4 Å². The quantitative estimate of drug-likeness (QED) is 0.776. The van der Waals surface area contributed by atoms with Crippen molar-refractivity contribution in [2.24, 2.45) is 0 Å². The Morgan fingerprint density at radius 3 is 2.67 bits per heavy atom. The molecular weight excluding hydrogens is 338 g/mol. The van der Waals surface area contributed by atoms with E-state index in [4.69, 9.17) is 9.47 Å². The molecule has 2 aliphatic rings.